The average Bonchev–Trinajstić information content (AvgIpc) is 2.39. The van der Waals surface area contributed by atoms with Crippen molar-refractivity contribution in [3.8, 4) is 0 Å². The van der Waals surface area contributed by atoms with E-state index in [0.29, 0.717) is 12.5 Å². The van der Waals surface area contributed by atoms with Crippen LogP contribution in [0, 0.1) is 16.0 Å². The normalized spacial score (nSPS) is 23.1. The van der Waals surface area contributed by atoms with Gasteiger partial charge in [-0.2, -0.15) is 0 Å². The van der Waals surface area contributed by atoms with E-state index in [0.717, 1.165) is 25.7 Å². The minimum atomic E-state index is -0.494. The molecule has 1 aliphatic rings. The summed E-state index contributed by atoms with van der Waals surface area (Å²) in [6.07, 6.45) is 4.64. The van der Waals surface area contributed by atoms with Gasteiger partial charge in [0.25, 0.3) is 0 Å². The Hall–Kier alpha value is -1.40. The van der Waals surface area contributed by atoms with Crippen LogP contribution >= 0.6 is 11.6 Å². The molecule has 0 radical (unpaired) electrons. The molecular formula is C12H16ClN3O3. The number of aliphatic hydroxyl groups is 1. The maximum Gasteiger partial charge on any atom is 0.312 e. The molecule has 1 fully saturated rings. The van der Waals surface area contributed by atoms with Crippen LogP contribution in [0.15, 0.2) is 12.3 Å². The Kier molecular flexibility index (Phi) is 4.55. The maximum atomic E-state index is 10.9. The summed E-state index contributed by atoms with van der Waals surface area (Å²) in [6, 6.07) is 1.29. The number of aromatic nitrogens is 1. The molecule has 19 heavy (non-hydrogen) atoms. The van der Waals surface area contributed by atoms with Gasteiger partial charge in [0.05, 0.1) is 16.0 Å². The quantitative estimate of drug-likeness (QED) is 0.656. The minimum absolute atomic E-state index is 0.108. The second kappa shape index (κ2) is 6.16. The van der Waals surface area contributed by atoms with Gasteiger partial charge in [0.2, 0.25) is 5.82 Å². The number of nitro groups is 1. The first-order valence-electron chi connectivity index (χ1n) is 6.28. The molecule has 0 bridgehead atoms. The molecule has 0 saturated heterocycles. The largest absolute Gasteiger partial charge is 0.393 e. The summed E-state index contributed by atoms with van der Waals surface area (Å²) in [5, 5.41) is 23.6. The van der Waals surface area contributed by atoms with Gasteiger partial charge in [-0.1, -0.05) is 11.6 Å². The molecule has 0 unspecified atom stereocenters. The van der Waals surface area contributed by atoms with Crippen molar-refractivity contribution >= 4 is 23.1 Å². The number of nitrogens with zero attached hydrogens (tertiary/aromatic N) is 2. The van der Waals surface area contributed by atoms with Crippen LogP contribution in [0.4, 0.5) is 11.5 Å². The third kappa shape index (κ3) is 3.78. The third-order valence-corrected chi connectivity index (χ3v) is 3.61. The van der Waals surface area contributed by atoms with Crippen LogP contribution in [-0.2, 0) is 0 Å². The summed E-state index contributed by atoms with van der Waals surface area (Å²) in [7, 11) is 0. The van der Waals surface area contributed by atoms with E-state index in [1.54, 1.807) is 0 Å². The zero-order valence-electron chi connectivity index (χ0n) is 10.4. The SMILES string of the molecule is O=[N+]([O-])c1cc(Cl)cnc1NCC1CCC(O)CC1. The fourth-order valence-electron chi connectivity index (χ4n) is 2.29. The molecule has 2 rings (SSSR count). The molecule has 0 atom stereocenters. The molecule has 1 heterocycles. The number of pyridine rings is 1. The second-order valence-corrected chi connectivity index (χ2v) is 5.27. The number of hydrogen-bond acceptors (Lipinski definition) is 5. The lowest BCUT2D eigenvalue weighted by Crippen LogP contribution is -2.24. The first kappa shape index (κ1) is 14.0. The van der Waals surface area contributed by atoms with E-state index in [9.17, 15) is 15.2 Å². The van der Waals surface area contributed by atoms with Crippen LogP contribution in [0.1, 0.15) is 25.7 Å². The number of nitrogens with one attached hydrogen (secondary N) is 1. The Morgan fingerprint density at radius 1 is 1.47 bits per heavy atom. The molecule has 0 amide bonds. The van der Waals surface area contributed by atoms with Gasteiger partial charge in [-0.3, -0.25) is 10.1 Å². The lowest BCUT2D eigenvalue weighted by atomic mass is 9.87. The first-order chi connectivity index (χ1) is 9.06. The zero-order valence-corrected chi connectivity index (χ0v) is 11.1. The van der Waals surface area contributed by atoms with E-state index in [2.05, 4.69) is 10.3 Å². The fraction of sp³-hybridized carbons (Fsp3) is 0.583. The molecule has 6 nitrogen and oxygen atoms in total. The van der Waals surface area contributed by atoms with Crippen molar-refractivity contribution in [3.05, 3.63) is 27.4 Å². The Morgan fingerprint density at radius 2 is 2.16 bits per heavy atom. The monoisotopic (exact) mass is 285 g/mol. The summed E-state index contributed by atoms with van der Waals surface area (Å²) < 4.78 is 0. The van der Waals surface area contributed by atoms with Gasteiger partial charge in [0.1, 0.15) is 0 Å². The van der Waals surface area contributed by atoms with Crippen molar-refractivity contribution in [3.63, 3.8) is 0 Å². The summed E-state index contributed by atoms with van der Waals surface area (Å²) in [5.41, 5.74) is -0.108. The summed E-state index contributed by atoms with van der Waals surface area (Å²) in [6.45, 7) is 0.627. The van der Waals surface area contributed by atoms with Crippen LogP contribution in [0.2, 0.25) is 5.02 Å². The number of hydrogen-bond donors (Lipinski definition) is 2. The van der Waals surface area contributed by atoms with Crippen molar-refractivity contribution in [1.29, 1.82) is 0 Å². The Labute approximate surface area is 116 Å². The van der Waals surface area contributed by atoms with Crippen molar-refractivity contribution < 1.29 is 10.0 Å². The zero-order chi connectivity index (χ0) is 13.8. The van der Waals surface area contributed by atoms with Crippen LogP contribution < -0.4 is 5.32 Å². The fourth-order valence-corrected chi connectivity index (χ4v) is 2.45. The summed E-state index contributed by atoms with van der Waals surface area (Å²) in [5.74, 6) is 0.668. The third-order valence-electron chi connectivity index (χ3n) is 3.41. The van der Waals surface area contributed by atoms with E-state index < -0.39 is 4.92 Å². The molecule has 7 heteroatoms. The van der Waals surface area contributed by atoms with E-state index in [-0.39, 0.29) is 22.6 Å². The van der Waals surface area contributed by atoms with E-state index in [1.165, 1.54) is 12.3 Å². The van der Waals surface area contributed by atoms with Crippen LogP contribution in [0.25, 0.3) is 0 Å². The number of rotatable bonds is 4. The topological polar surface area (TPSA) is 88.3 Å². The predicted molar refractivity (Wildman–Crippen MR) is 72.4 cm³/mol. The molecule has 104 valence electrons. The van der Waals surface area contributed by atoms with Gasteiger partial charge >= 0.3 is 5.69 Å². The number of halogens is 1. The Bertz CT molecular complexity index is 462. The van der Waals surface area contributed by atoms with Gasteiger partial charge in [-0.25, -0.2) is 4.98 Å². The highest BCUT2D eigenvalue weighted by molar-refractivity contribution is 6.30. The van der Waals surface area contributed by atoms with Crippen molar-refractivity contribution in [2.75, 3.05) is 11.9 Å². The van der Waals surface area contributed by atoms with Gasteiger partial charge in [0, 0.05) is 18.8 Å². The molecule has 0 spiro atoms. The van der Waals surface area contributed by atoms with Crippen molar-refractivity contribution in [2.24, 2.45) is 5.92 Å². The van der Waals surface area contributed by atoms with E-state index in [1.807, 2.05) is 0 Å². The molecule has 0 aromatic carbocycles. The molecular weight excluding hydrogens is 270 g/mol. The number of anilines is 1. The predicted octanol–water partition coefficient (Wildman–Crippen LogP) is 2.61. The highest BCUT2D eigenvalue weighted by Gasteiger charge is 2.21. The molecule has 0 aliphatic heterocycles. The van der Waals surface area contributed by atoms with E-state index >= 15 is 0 Å². The molecule has 1 aromatic heterocycles. The highest BCUT2D eigenvalue weighted by Crippen LogP contribution is 2.28. The first-order valence-corrected chi connectivity index (χ1v) is 6.66. The van der Waals surface area contributed by atoms with Crippen LogP contribution in [0.3, 0.4) is 0 Å². The summed E-state index contributed by atoms with van der Waals surface area (Å²) >= 11 is 5.70. The van der Waals surface area contributed by atoms with Gasteiger partial charge in [-0.05, 0) is 31.6 Å². The van der Waals surface area contributed by atoms with Crippen LogP contribution in [0.5, 0.6) is 0 Å². The lowest BCUT2D eigenvalue weighted by Gasteiger charge is -2.25. The lowest BCUT2D eigenvalue weighted by molar-refractivity contribution is -0.384. The Balaban J connectivity index is 1.97. The van der Waals surface area contributed by atoms with Crippen molar-refractivity contribution in [1.82, 2.24) is 4.98 Å². The van der Waals surface area contributed by atoms with E-state index in [4.69, 9.17) is 11.6 Å². The van der Waals surface area contributed by atoms with Crippen molar-refractivity contribution in [2.45, 2.75) is 31.8 Å². The molecule has 2 N–H and O–H groups in total. The highest BCUT2D eigenvalue weighted by atomic mass is 35.5. The standard InChI is InChI=1S/C12H16ClN3O3/c13-9-5-11(16(18)19)12(15-7-9)14-6-8-1-3-10(17)4-2-8/h5,7-8,10,17H,1-4,6H2,(H,14,15). The second-order valence-electron chi connectivity index (χ2n) is 4.83. The smallest absolute Gasteiger partial charge is 0.312 e. The van der Waals surface area contributed by atoms with Crippen LogP contribution in [-0.4, -0.2) is 27.7 Å². The molecule has 1 aromatic rings. The molecule has 1 aliphatic carbocycles. The van der Waals surface area contributed by atoms with Gasteiger partial charge in [0.15, 0.2) is 0 Å². The minimum Gasteiger partial charge on any atom is -0.393 e. The number of aliphatic hydroxyl groups excluding tert-OH is 1. The molecule has 1 saturated carbocycles. The van der Waals surface area contributed by atoms with Gasteiger partial charge < -0.3 is 10.4 Å². The Morgan fingerprint density at radius 3 is 2.79 bits per heavy atom. The maximum absolute atomic E-state index is 10.9. The van der Waals surface area contributed by atoms with Gasteiger partial charge in [-0.15, -0.1) is 0 Å². The average molecular weight is 286 g/mol. The summed E-state index contributed by atoms with van der Waals surface area (Å²) in [4.78, 5) is 14.4.